The molecule has 0 aliphatic heterocycles. The fourth-order valence-electron chi connectivity index (χ4n) is 1.32. The Morgan fingerprint density at radius 3 is 2.61 bits per heavy atom. The second kappa shape index (κ2) is 4.87. The third kappa shape index (κ3) is 2.82. The molecule has 18 heavy (non-hydrogen) atoms. The fraction of sp³-hybridized carbons (Fsp3) is 0.182. The summed E-state index contributed by atoms with van der Waals surface area (Å²) in [4.78, 5) is 5.25. The predicted molar refractivity (Wildman–Crippen MR) is 73.8 cm³/mol. The van der Waals surface area contributed by atoms with Crippen molar-refractivity contribution in [1.29, 1.82) is 0 Å². The summed E-state index contributed by atoms with van der Waals surface area (Å²) < 4.78 is 26.6. The van der Waals surface area contributed by atoms with Crippen molar-refractivity contribution in [3.63, 3.8) is 0 Å². The highest BCUT2D eigenvalue weighted by molar-refractivity contribution is 7.93. The van der Waals surface area contributed by atoms with Crippen molar-refractivity contribution in [2.75, 3.05) is 4.72 Å². The maximum absolute atomic E-state index is 12.1. The minimum Gasteiger partial charge on any atom is -0.255 e. The monoisotopic (exact) mass is 302 g/mol. The van der Waals surface area contributed by atoms with E-state index in [0.717, 1.165) is 10.6 Å². The van der Waals surface area contributed by atoms with Crippen LogP contribution in [0.4, 0.5) is 5.13 Å². The van der Waals surface area contributed by atoms with Gasteiger partial charge in [0, 0.05) is 9.90 Å². The molecular formula is C11H11ClN2O2S2. The van der Waals surface area contributed by atoms with Gasteiger partial charge in [-0.05, 0) is 32.0 Å². The Hall–Kier alpha value is -1.11. The predicted octanol–water partition coefficient (Wildman–Crippen LogP) is 3.21. The molecule has 0 bridgehead atoms. The third-order valence-corrected chi connectivity index (χ3v) is 5.05. The molecule has 0 radical (unpaired) electrons. The molecule has 4 nitrogen and oxygen atoms in total. The van der Waals surface area contributed by atoms with Crippen molar-refractivity contribution in [3.8, 4) is 0 Å². The van der Waals surface area contributed by atoms with E-state index in [2.05, 4.69) is 9.71 Å². The van der Waals surface area contributed by atoms with Gasteiger partial charge in [0.2, 0.25) is 0 Å². The molecule has 0 atom stereocenters. The number of anilines is 1. The number of rotatable bonds is 3. The lowest BCUT2D eigenvalue weighted by Gasteiger charge is -2.04. The van der Waals surface area contributed by atoms with E-state index in [1.807, 2.05) is 13.8 Å². The quantitative estimate of drug-likeness (QED) is 0.947. The summed E-state index contributed by atoms with van der Waals surface area (Å²) in [6, 6.07) is 6.10. The lowest BCUT2D eigenvalue weighted by atomic mass is 10.4. The first kappa shape index (κ1) is 13.3. The summed E-state index contributed by atoms with van der Waals surface area (Å²) >= 11 is 7.08. The molecule has 1 heterocycles. The number of benzene rings is 1. The van der Waals surface area contributed by atoms with Gasteiger partial charge in [0.1, 0.15) is 0 Å². The van der Waals surface area contributed by atoms with Crippen LogP contribution in [0.2, 0.25) is 5.02 Å². The van der Waals surface area contributed by atoms with Gasteiger partial charge in [-0.15, -0.1) is 11.3 Å². The molecule has 0 fully saturated rings. The van der Waals surface area contributed by atoms with Crippen molar-refractivity contribution in [2.24, 2.45) is 0 Å². The van der Waals surface area contributed by atoms with Gasteiger partial charge in [-0.2, -0.15) is 0 Å². The summed E-state index contributed by atoms with van der Waals surface area (Å²) in [6.07, 6.45) is 0. The highest BCUT2D eigenvalue weighted by Crippen LogP contribution is 2.24. The molecule has 2 rings (SSSR count). The Morgan fingerprint density at radius 2 is 2.06 bits per heavy atom. The molecule has 0 saturated carbocycles. The number of aryl methyl sites for hydroxylation is 2. The Bertz CT molecular complexity index is 661. The SMILES string of the molecule is Cc1nc(NS(=O)(=O)c2cccc(Cl)c2)sc1C. The summed E-state index contributed by atoms with van der Waals surface area (Å²) in [5, 5.41) is 0.745. The Balaban J connectivity index is 2.33. The van der Waals surface area contributed by atoms with Crippen LogP contribution in [0.1, 0.15) is 10.6 Å². The van der Waals surface area contributed by atoms with Crippen molar-refractivity contribution < 1.29 is 8.42 Å². The molecule has 2 aromatic rings. The van der Waals surface area contributed by atoms with E-state index >= 15 is 0 Å². The van der Waals surface area contributed by atoms with Gasteiger partial charge in [-0.25, -0.2) is 13.4 Å². The average Bonchev–Trinajstić information content (AvgIpc) is 2.57. The number of nitrogens with one attached hydrogen (secondary N) is 1. The second-order valence-corrected chi connectivity index (χ2v) is 7.05. The van der Waals surface area contributed by atoms with Gasteiger partial charge in [0.15, 0.2) is 5.13 Å². The van der Waals surface area contributed by atoms with Gasteiger partial charge in [-0.3, -0.25) is 4.72 Å². The molecule has 1 N–H and O–H groups in total. The summed E-state index contributed by atoms with van der Waals surface area (Å²) in [5.41, 5.74) is 0.823. The van der Waals surface area contributed by atoms with Crippen LogP contribution in [0.3, 0.4) is 0 Å². The zero-order chi connectivity index (χ0) is 13.3. The molecular weight excluding hydrogens is 292 g/mol. The van der Waals surface area contributed by atoms with Crippen LogP contribution in [0.25, 0.3) is 0 Å². The number of hydrogen-bond donors (Lipinski definition) is 1. The smallest absolute Gasteiger partial charge is 0.255 e. The summed E-state index contributed by atoms with van der Waals surface area (Å²) in [5.74, 6) is 0. The Labute approximate surface area is 115 Å². The largest absolute Gasteiger partial charge is 0.263 e. The normalized spacial score (nSPS) is 11.5. The van der Waals surface area contributed by atoms with E-state index < -0.39 is 10.0 Å². The standard InChI is InChI=1S/C11H11ClN2O2S2/c1-7-8(2)17-11(13-7)14-18(15,16)10-5-3-4-9(12)6-10/h3-6H,1-2H3,(H,13,14). The molecule has 0 unspecified atom stereocenters. The van der Waals surface area contributed by atoms with Crippen LogP contribution < -0.4 is 4.72 Å². The number of thiazole rings is 1. The molecule has 0 aliphatic rings. The highest BCUT2D eigenvalue weighted by atomic mass is 35.5. The highest BCUT2D eigenvalue weighted by Gasteiger charge is 2.16. The van der Waals surface area contributed by atoms with Crippen LogP contribution >= 0.6 is 22.9 Å². The van der Waals surface area contributed by atoms with Crippen molar-refractivity contribution in [1.82, 2.24) is 4.98 Å². The van der Waals surface area contributed by atoms with Crippen molar-refractivity contribution in [3.05, 3.63) is 39.9 Å². The number of nitrogens with zero attached hydrogens (tertiary/aromatic N) is 1. The van der Waals surface area contributed by atoms with Gasteiger partial charge >= 0.3 is 0 Å². The summed E-state index contributed by atoms with van der Waals surface area (Å²) in [7, 11) is -3.63. The minimum absolute atomic E-state index is 0.125. The van der Waals surface area contributed by atoms with E-state index in [1.165, 1.54) is 23.5 Å². The first-order valence-corrected chi connectivity index (χ1v) is 7.79. The van der Waals surface area contributed by atoms with Crippen molar-refractivity contribution in [2.45, 2.75) is 18.7 Å². The number of sulfonamides is 1. The molecule has 0 amide bonds. The van der Waals surface area contributed by atoms with E-state index in [9.17, 15) is 8.42 Å². The van der Waals surface area contributed by atoms with Crippen LogP contribution in [-0.4, -0.2) is 13.4 Å². The second-order valence-electron chi connectivity index (χ2n) is 3.72. The van der Waals surface area contributed by atoms with Crippen molar-refractivity contribution >= 4 is 38.1 Å². The number of aromatic nitrogens is 1. The fourth-order valence-corrected chi connectivity index (χ4v) is 3.67. The zero-order valence-electron chi connectivity index (χ0n) is 9.77. The van der Waals surface area contributed by atoms with E-state index in [-0.39, 0.29) is 4.90 Å². The number of halogens is 1. The summed E-state index contributed by atoms with van der Waals surface area (Å²) in [6.45, 7) is 3.73. The molecule has 7 heteroatoms. The van der Waals surface area contributed by atoms with Gasteiger partial charge in [0.05, 0.1) is 10.6 Å². The van der Waals surface area contributed by atoms with E-state index in [0.29, 0.717) is 10.2 Å². The van der Waals surface area contributed by atoms with Crippen LogP contribution in [-0.2, 0) is 10.0 Å². The van der Waals surface area contributed by atoms with Crippen LogP contribution in [0.5, 0.6) is 0 Å². The zero-order valence-corrected chi connectivity index (χ0v) is 12.2. The maximum Gasteiger partial charge on any atom is 0.263 e. The lowest BCUT2D eigenvalue weighted by molar-refractivity contribution is 0.601. The Kier molecular flexibility index (Phi) is 3.61. The van der Waals surface area contributed by atoms with Crippen LogP contribution in [0.15, 0.2) is 29.2 Å². The first-order chi connectivity index (χ1) is 8.38. The lowest BCUT2D eigenvalue weighted by Crippen LogP contribution is -2.12. The molecule has 0 saturated heterocycles. The topological polar surface area (TPSA) is 59.1 Å². The third-order valence-electron chi connectivity index (χ3n) is 2.36. The van der Waals surface area contributed by atoms with E-state index in [1.54, 1.807) is 12.1 Å². The van der Waals surface area contributed by atoms with Gasteiger partial charge in [-0.1, -0.05) is 17.7 Å². The number of hydrogen-bond acceptors (Lipinski definition) is 4. The maximum atomic E-state index is 12.1. The van der Waals surface area contributed by atoms with Gasteiger partial charge < -0.3 is 0 Å². The van der Waals surface area contributed by atoms with E-state index in [4.69, 9.17) is 11.6 Å². The molecule has 1 aromatic carbocycles. The molecule has 96 valence electrons. The Morgan fingerprint density at radius 1 is 1.33 bits per heavy atom. The average molecular weight is 303 g/mol. The molecule has 1 aromatic heterocycles. The molecule has 0 aliphatic carbocycles. The van der Waals surface area contributed by atoms with Gasteiger partial charge in [0.25, 0.3) is 10.0 Å². The minimum atomic E-state index is -3.63. The molecule has 0 spiro atoms. The first-order valence-electron chi connectivity index (χ1n) is 5.11. The van der Waals surface area contributed by atoms with Crippen LogP contribution in [0, 0.1) is 13.8 Å².